The largest absolute Gasteiger partial charge is 0.383 e. The number of nitrogens with one attached hydrogen (secondary N) is 2. The number of nitrogens with zero attached hydrogens (tertiary/aromatic N) is 3. The zero-order valence-electron chi connectivity index (χ0n) is 10.9. The van der Waals surface area contributed by atoms with Crippen molar-refractivity contribution in [1.82, 2.24) is 25.6 Å². The van der Waals surface area contributed by atoms with Gasteiger partial charge in [0.1, 0.15) is 0 Å². The molecule has 0 aliphatic heterocycles. The SMILES string of the molecule is COCCNC(=O)C(C)NCCCn1ccnn1. The van der Waals surface area contributed by atoms with Crippen molar-refractivity contribution in [1.29, 1.82) is 0 Å². The molecule has 7 nitrogen and oxygen atoms in total. The highest BCUT2D eigenvalue weighted by molar-refractivity contribution is 5.81. The number of rotatable bonds is 9. The molecule has 0 saturated carbocycles. The van der Waals surface area contributed by atoms with Gasteiger partial charge in [0.2, 0.25) is 5.91 Å². The Bertz CT molecular complexity index is 328. The molecule has 0 aliphatic carbocycles. The molecule has 1 rings (SSSR count). The molecule has 1 aromatic heterocycles. The first-order valence-corrected chi connectivity index (χ1v) is 6.08. The van der Waals surface area contributed by atoms with Gasteiger partial charge in [0, 0.05) is 26.4 Å². The number of aromatic nitrogens is 3. The Morgan fingerprint density at radius 2 is 2.33 bits per heavy atom. The van der Waals surface area contributed by atoms with E-state index in [4.69, 9.17) is 4.74 Å². The van der Waals surface area contributed by atoms with Crippen molar-refractivity contribution in [2.45, 2.75) is 25.9 Å². The molecule has 0 aromatic carbocycles. The molecule has 0 spiro atoms. The van der Waals surface area contributed by atoms with Gasteiger partial charge in [0.25, 0.3) is 0 Å². The van der Waals surface area contributed by atoms with Gasteiger partial charge in [-0.3, -0.25) is 9.48 Å². The Balaban J connectivity index is 2.05. The van der Waals surface area contributed by atoms with E-state index in [0.29, 0.717) is 13.2 Å². The number of carbonyl (C=O) groups excluding carboxylic acids is 1. The van der Waals surface area contributed by atoms with Crippen molar-refractivity contribution in [2.75, 3.05) is 26.8 Å². The fraction of sp³-hybridized carbons (Fsp3) is 0.727. The fourth-order valence-corrected chi connectivity index (χ4v) is 1.43. The fourth-order valence-electron chi connectivity index (χ4n) is 1.43. The van der Waals surface area contributed by atoms with Gasteiger partial charge >= 0.3 is 0 Å². The summed E-state index contributed by atoms with van der Waals surface area (Å²) >= 11 is 0. The van der Waals surface area contributed by atoms with Gasteiger partial charge in [-0.05, 0) is 19.9 Å². The minimum atomic E-state index is -0.197. The molecule has 1 amide bonds. The van der Waals surface area contributed by atoms with Crippen LogP contribution in [0.3, 0.4) is 0 Å². The van der Waals surface area contributed by atoms with Gasteiger partial charge in [-0.2, -0.15) is 0 Å². The van der Waals surface area contributed by atoms with Gasteiger partial charge in [0.15, 0.2) is 0 Å². The maximum absolute atomic E-state index is 11.6. The quantitative estimate of drug-likeness (QED) is 0.576. The lowest BCUT2D eigenvalue weighted by molar-refractivity contribution is -0.122. The lowest BCUT2D eigenvalue weighted by Gasteiger charge is -2.13. The summed E-state index contributed by atoms with van der Waals surface area (Å²) in [6, 6.07) is -0.197. The first-order valence-electron chi connectivity index (χ1n) is 6.08. The number of ether oxygens (including phenoxy) is 1. The number of methoxy groups -OCH3 is 1. The summed E-state index contributed by atoms with van der Waals surface area (Å²) in [7, 11) is 1.61. The summed E-state index contributed by atoms with van der Waals surface area (Å²) in [4.78, 5) is 11.6. The summed E-state index contributed by atoms with van der Waals surface area (Å²) in [5, 5.41) is 13.5. The van der Waals surface area contributed by atoms with Crippen LogP contribution >= 0.6 is 0 Å². The van der Waals surface area contributed by atoms with E-state index in [2.05, 4.69) is 20.9 Å². The molecule has 0 fully saturated rings. The lowest BCUT2D eigenvalue weighted by atomic mass is 10.3. The van der Waals surface area contributed by atoms with Crippen molar-refractivity contribution >= 4 is 5.91 Å². The first kappa shape index (κ1) is 14.6. The molecule has 1 aromatic rings. The Hall–Kier alpha value is -1.47. The second kappa shape index (κ2) is 8.60. The molecule has 1 unspecified atom stereocenters. The number of amides is 1. The van der Waals surface area contributed by atoms with E-state index < -0.39 is 0 Å². The van der Waals surface area contributed by atoms with Crippen LogP contribution in [0, 0.1) is 0 Å². The summed E-state index contributed by atoms with van der Waals surface area (Å²) in [5.41, 5.74) is 0. The molecular weight excluding hydrogens is 234 g/mol. The monoisotopic (exact) mass is 255 g/mol. The standard InChI is InChI=1S/C11H21N5O2/c1-10(11(17)13-6-9-18-2)12-4-3-7-16-8-5-14-15-16/h5,8,10,12H,3-4,6-7,9H2,1-2H3,(H,13,17). The normalized spacial score (nSPS) is 12.3. The van der Waals surface area contributed by atoms with Gasteiger partial charge in [-0.1, -0.05) is 5.21 Å². The van der Waals surface area contributed by atoms with Crippen molar-refractivity contribution < 1.29 is 9.53 Å². The second-order valence-corrected chi connectivity index (χ2v) is 3.98. The van der Waals surface area contributed by atoms with Crippen LogP contribution in [0.15, 0.2) is 12.4 Å². The van der Waals surface area contributed by atoms with Crippen molar-refractivity contribution in [2.24, 2.45) is 0 Å². The highest BCUT2D eigenvalue weighted by Crippen LogP contribution is 1.88. The second-order valence-electron chi connectivity index (χ2n) is 3.98. The number of hydrogen-bond acceptors (Lipinski definition) is 5. The molecule has 1 atom stereocenters. The van der Waals surface area contributed by atoms with Crippen LogP contribution in [0.2, 0.25) is 0 Å². The van der Waals surface area contributed by atoms with Crippen molar-refractivity contribution in [3.63, 3.8) is 0 Å². The predicted molar refractivity (Wildman–Crippen MR) is 67.0 cm³/mol. The van der Waals surface area contributed by atoms with Crippen molar-refractivity contribution in [3.05, 3.63) is 12.4 Å². The van der Waals surface area contributed by atoms with Crippen LogP contribution < -0.4 is 10.6 Å². The Morgan fingerprint density at radius 1 is 1.50 bits per heavy atom. The average molecular weight is 255 g/mol. The number of carbonyl (C=O) groups is 1. The molecule has 0 aliphatic rings. The molecule has 2 N–H and O–H groups in total. The number of hydrogen-bond donors (Lipinski definition) is 2. The summed E-state index contributed by atoms with van der Waals surface area (Å²) in [5.74, 6) is -0.00666. The predicted octanol–water partition coefficient (Wildman–Crippen LogP) is -0.591. The van der Waals surface area contributed by atoms with Gasteiger partial charge in [-0.15, -0.1) is 5.10 Å². The smallest absolute Gasteiger partial charge is 0.236 e. The lowest BCUT2D eigenvalue weighted by Crippen LogP contribution is -2.43. The zero-order chi connectivity index (χ0) is 13.2. The van der Waals surface area contributed by atoms with E-state index in [-0.39, 0.29) is 11.9 Å². The van der Waals surface area contributed by atoms with Crippen LogP contribution in [0.25, 0.3) is 0 Å². The van der Waals surface area contributed by atoms with Crippen molar-refractivity contribution in [3.8, 4) is 0 Å². The molecular formula is C11H21N5O2. The van der Waals surface area contributed by atoms with E-state index in [9.17, 15) is 4.79 Å². The van der Waals surface area contributed by atoms with Crippen LogP contribution in [-0.4, -0.2) is 53.7 Å². The molecule has 0 radical (unpaired) electrons. The van der Waals surface area contributed by atoms with E-state index in [1.165, 1.54) is 0 Å². The number of aryl methyl sites for hydroxylation is 1. The van der Waals surface area contributed by atoms with E-state index in [1.54, 1.807) is 18.0 Å². The summed E-state index contributed by atoms with van der Waals surface area (Å²) in [6.45, 7) is 4.48. The maximum Gasteiger partial charge on any atom is 0.236 e. The molecule has 1 heterocycles. The van der Waals surface area contributed by atoms with E-state index >= 15 is 0 Å². The third-order valence-corrected chi connectivity index (χ3v) is 2.49. The molecule has 7 heteroatoms. The van der Waals surface area contributed by atoms with Crippen LogP contribution in [0.1, 0.15) is 13.3 Å². The molecule has 0 saturated heterocycles. The molecule has 18 heavy (non-hydrogen) atoms. The topological polar surface area (TPSA) is 81.1 Å². The van der Waals surface area contributed by atoms with E-state index in [0.717, 1.165) is 19.5 Å². The van der Waals surface area contributed by atoms with Crippen LogP contribution in [-0.2, 0) is 16.1 Å². The molecule has 0 bridgehead atoms. The molecule has 102 valence electrons. The third-order valence-electron chi connectivity index (χ3n) is 2.49. The maximum atomic E-state index is 11.6. The zero-order valence-corrected chi connectivity index (χ0v) is 10.9. The van der Waals surface area contributed by atoms with Crippen LogP contribution in [0.4, 0.5) is 0 Å². The first-order chi connectivity index (χ1) is 8.74. The highest BCUT2D eigenvalue weighted by Gasteiger charge is 2.10. The summed E-state index contributed by atoms with van der Waals surface area (Å²) < 4.78 is 6.63. The van der Waals surface area contributed by atoms with Gasteiger partial charge in [-0.25, -0.2) is 0 Å². The van der Waals surface area contributed by atoms with Gasteiger partial charge < -0.3 is 15.4 Å². The van der Waals surface area contributed by atoms with Crippen LogP contribution in [0.5, 0.6) is 0 Å². The highest BCUT2D eigenvalue weighted by atomic mass is 16.5. The third kappa shape index (κ3) is 5.74. The van der Waals surface area contributed by atoms with Gasteiger partial charge in [0.05, 0.1) is 18.8 Å². The summed E-state index contributed by atoms with van der Waals surface area (Å²) in [6.07, 6.45) is 4.37. The van der Waals surface area contributed by atoms with E-state index in [1.807, 2.05) is 13.1 Å². The average Bonchev–Trinajstić information content (AvgIpc) is 2.87. The Morgan fingerprint density at radius 3 is 3.00 bits per heavy atom. The minimum absolute atomic E-state index is 0.00666. The Labute approximate surface area is 107 Å². The Kier molecular flexibility index (Phi) is 6.97. The minimum Gasteiger partial charge on any atom is -0.383 e.